The van der Waals surface area contributed by atoms with Crippen LogP contribution in [0, 0.1) is 6.92 Å². The van der Waals surface area contributed by atoms with Crippen molar-refractivity contribution < 1.29 is 14.6 Å². The van der Waals surface area contributed by atoms with Gasteiger partial charge in [0.1, 0.15) is 5.75 Å². The highest BCUT2D eigenvalue weighted by molar-refractivity contribution is 5.81. The van der Waals surface area contributed by atoms with Gasteiger partial charge in [0.15, 0.2) is 0 Å². The number of hydrogen-bond donors (Lipinski definition) is 1. The van der Waals surface area contributed by atoms with E-state index in [0.717, 1.165) is 22.4 Å². The molecule has 3 nitrogen and oxygen atoms in total. The van der Waals surface area contributed by atoms with E-state index >= 15 is 0 Å². The van der Waals surface area contributed by atoms with Crippen LogP contribution in [0.3, 0.4) is 0 Å². The molecule has 1 N–H and O–H groups in total. The van der Waals surface area contributed by atoms with Crippen molar-refractivity contribution in [3.8, 4) is 5.75 Å². The highest BCUT2D eigenvalue weighted by Crippen LogP contribution is 2.30. The van der Waals surface area contributed by atoms with Gasteiger partial charge in [-0.2, -0.15) is 0 Å². The summed E-state index contributed by atoms with van der Waals surface area (Å²) in [5.74, 6) is -0.0465. The monoisotopic (exact) mass is 298 g/mol. The molecule has 0 spiro atoms. The molecule has 0 bridgehead atoms. The summed E-state index contributed by atoms with van der Waals surface area (Å²) in [5, 5.41) is 9.76. The molecule has 0 fully saturated rings. The lowest BCUT2D eigenvalue weighted by atomic mass is 9.77. The summed E-state index contributed by atoms with van der Waals surface area (Å²) in [6, 6.07) is 15.3. The Hall–Kier alpha value is -2.29. The first-order valence-corrected chi connectivity index (χ1v) is 7.48. The molecule has 2 rings (SSSR count). The van der Waals surface area contributed by atoms with E-state index in [4.69, 9.17) is 4.74 Å². The van der Waals surface area contributed by atoms with Crippen molar-refractivity contribution in [3.63, 3.8) is 0 Å². The van der Waals surface area contributed by atoms with Crippen molar-refractivity contribution in [1.82, 2.24) is 0 Å². The van der Waals surface area contributed by atoms with Crippen LogP contribution in [-0.2, 0) is 16.6 Å². The Bertz CT molecular complexity index is 646. The van der Waals surface area contributed by atoms with Crippen molar-refractivity contribution in [3.05, 3.63) is 65.2 Å². The highest BCUT2D eigenvalue weighted by Gasteiger charge is 2.35. The molecular formula is C19H22O3. The van der Waals surface area contributed by atoms with Gasteiger partial charge in [0, 0.05) is 0 Å². The van der Waals surface area contributed by atoms with Crippen LogP contribution in [0.2, 0.25) is 0 Å². The number of carboxylic acids is 1. The molecule has 0 aliphatic rings. The Balaban J connectivity index is 2.34. The maximum absolute atomic E-state index is 11.9. The summed E-state index contributed by atoms with van der Waals surface area (Å²) in [7, 11) is 0. The van der Waals surface area contributed by atoms with E-state index < -0.39 is 11.4 Å². The summed E-state index contributed by atoms with van der Waals surface area (Å²) >= 11 is 0. The second-order valence-electron chi connectivity index (χ2n) is 5.76. The van der Waals surface area contributed by atoms with E-state index in [2.05, 4.69) is 0 Å². The minimum absolute atomic E-state index is 0.423. The number of carbonyl (C=O) groups is 1. The third-order valence-corrected chi connectivity index (χ3v) is 3.93. The zero-order valence-corrected chi connectivity index (χ0v) is 13.3. The van der Waals surface area contributed by atoms with Crippen LogP contribution in [-0.4, -0.2) is 17.7 Å². The number of aryl methyl sites for hydroxylation is 1. The van der Waals surface area contributed by atoms with Crippen molar-refractivity contribution in [2.45, 2.75) is 32.6 Å². The number of hydrogen-bond acceptors (Lipinski definition) is 2. The number of aliphatic carboxylic acids is 1. The second-order valence-corrected chi connectivity index (χ2v) is 5.76. The van der Waals surface area contributed by atoms with Gasteiger partial charge in [-0.05, 0) is 50.5 Å². The number of carboxylic acid groups (broad SMARTS) is 1. The van der Waals surface area contributed by atoms with E-state index in [1.807, 2.05) is 62.4 Å². The molecule has 22 heavy (non-hydrogen) atoms. The van der Waals surface area contributed by atoms with Gasteiger partial charge < -0.3 is 9.84 Å². The third-order valence-electron chi connectivity index (χ3n) is 3.93. The zero-order chi connectivity index (χ0) is 16.2. The van der Waals surface area contributed by atoms with Crippen LogP contribution in [0.5, 0.6) is 5.75 Å². The number of benzene rings is 2. The van der Waals surface area contributed by atoms with Gasteiger partial charge in [0.2, 0.25) is 0 Å². The molecule has 0 aliphatic carbocycles. The second kappa shape index (κ2) is 6.65. The van der Waals surface area contributed by atoms with E-state index in [1.54, 1.807) is 6.92 Å². The average Bonchev–Trinajstić information content (AvgIpc) is 2.48. The predicted octanol–water partition coefficient (Wildman–Crippen LogP) is 3.98. The molecule has 2 aromatic carbocycles. The third kappa shape index (κ3) is 3.48. The summed E-state index contributed by atoms with van der Waals surface area (Å²) in [6.07, 6.45) is 0.423. The van der Waals surface area contributed by atoms with Crippen LogP contribution in [0.1, 0.15) is 30.5 Å². The van der Waals surface area contributed by atoms with Crippen LogP contribution in [0.4, 0.5) is 0 Å². The quantitative estimate of drug-likeness (QED) is 0.877. The first-order chi connectivity index (χ1) is 10.5. The zero-order valence-electron chi connectivity index (χ0n) is 13.3. The molecular weight excluding hydrogens is 276 g/mol. The lowest BCUT2D eigenvalue weighted by Crippen LogP contribution is -2.34. The van der Waals surface area contributed by atoms with Crippen molar-refractivity contribution >= 4 is 5.97 Å². The summed E-state index contributed by atoms with van der Waals surface area (Å²) in [4.78, 5) is 11.9. The SMILES string of the molecule is CCOc1cccc(CC(C)(C(=O)O)c2ccc(C)cc2)c1. The molecule has 2 aromatic rings. The van der Waals surface area contributed by atoms with E-state index in [9.17, 15) is 9.90 Å². The van der Waals surface area contributed by atoms with Gasteiger partial charge in [0.05, 0.1) is 12.0 Å². The van der Waals surface area contributed by atoms with Gasteiger partial charge >= 0.3 is 5.97 Å². The molecule has 0 saturated carbocycles. The highest BCUT2D eigenvalue weighted by atomic mass is 16.5. The van der Waals surface area contributed by atoms with Gasteiger partial charge in [-0.3, -0.25) is 4.79 Å². The average molecular weight is 298 g/mol. The summed E-state index contributed by atoms with van der Waals surface area (Å²) < 4.78 is 5.50. The normalized spacial score (nSPS) is 13.4. The van der Waals surface area contributed by atoms with Gasteiger partial charge in [-0.25, -0.2) is 0 Å². The molecule has 1 atom stereocenters. The molecule has 0 saturated heterocycles. The predicted molar refractivity (Wildman–Crippen MR) is 87.5 cm³/mol. The standard InChI is InChI=1S/C19H22O3/c1-4-22-17-7-5-6-15(12-17)13-19(3,18(20)21)16-10-8-14(2)9-11-16/h5-12H,4,13H2,1-3H3,(H,20,21). The number of ether oxygens (including phenoxy) is 1. The van der Waals surface area contributed by atoms with Crippen molar-refractivity contribution in [1.29, 1.82) is 0 Å². The Labute approximate surface area is 131 Å². The van der Waals surface area contributed by atoms with Crippen molar-refractivity contribution in [2.24, 2.45) is 0 Å². The molecule has 1 unspecified atom stereocenters. The molecule has 0 radical (unpaired) electrons. The van der Waals surface area contributed by atoms with Crippen LogP contribution < -0.4 is 4.74 Å². The fourth-order valence-electron chi connectivity index (χ4n) is 2.54. The molecule has 0 aromatic heterocycles. The fourth-order valence-corrected chi connectivity index (χ4v) is 2.54. The van der Waals surface area contributed by atoms with Gasteiger partial charge in [-0.15, -0.1) is 0 Å². The first kappa shape index (κ1) is 16.1. The van der Waals surface area contributed by atoms with Crippen molar-refractivity contribution in [2.75, 3.05) is 6.61 Å². The molecule has 116 valence electrons. The smallest absolute Gasteiger partial charge is 0.314 e. The lowest BCUT2D eigenvalue weighted by molar-refractivity contribution is -0.143. The molecule has 3 heteroatoms. The largest absolute Gasteiger partial charge is 0.494 e. The minimum atomic E-state index is -0.960. The topological polar surface area (TPSA) is 46.5 Å². The van der Waals surface area contributed by atoms with E-state index in [-0.39, 0.29) is 0 Å². The van der Waals surface area contributed by atoms with Crippen LogP contribution in [0.25, 0.3) is 0 Å². The summed E-state index contributed by atoms with van der Waals surface area (Å²) in [5.41, 5.74) is 1.93. The molecule has 0 amide bonds. The Morgan fingerprint density at radius 3 is 2.45 bits per heavy atom. The Morgan fingerprint density at radius 2 is 1.86 bits per heavy atom. The Kier molecular flexibility index (Phi) is 4.86. The molecule has 0 aliphatic heterocycles. The maximum atomic E-state index is 11.9. The first-order valence-electron chi connectivity index (χ1n) is 7.48. The van der Waals surface area contributed by atoms with E-state index in [1.165, 1.54) is 0 Å². The minimum Gasteiger partial charge on any atom is -0.494 e. The maximum Gasteiger partial charge on any atom is 0.314 e. The molecule has 0 heterocycles. The van der Waals surface area contributed by atoms with Gasteiger partial charge in [-0.1, -0.05) is 42.0 Å². The Morgan fingerprint density at radius 1 is 1.18 bits per heavy atom. The lowest BCUT2D eigenvalue weighted by Gasteiger charge is -2.26. The van der Waals surface area contributed by atoms with E-state index in [0.29, 0.717) is 13.0 Å². The summed E-state index contributed by atoms with van der Waals surface area (Å²) in [6.45, 7) is 6.29. The van der Waals surface area contributed by atoms with Crippen LogP contribution >= 0.6 is 0 Å². The fraction of sp³-hybridized carbons (Fsp3) is 0.316. The number of rotatable bonds is 6. The van der Waals surface area contributed by atoms with Gasteiger partial charge in [0.25, 0.3) is 0 Å². The van der Waals surface area contributed by atoms with Crippen LogP contribution in [0.15, 0.2) is 48.5 Å².